The maximum atomic E-state index is 12.4. The molecule has 3 heterocycles. The summed E-state index contributed by atoms with van der Waals surface area (Å²) in [6, 6.07) is 11.9. The van der Waals surface area contributed by atoms with Crippen LogP contribution in [0.25, 0.3) is 0 Å². The Balaban J connectivity index is 0.000000479. The van der Waals surface area contributed by atoms with Crippen LogP contribution in [0.2, 0.25) is 0 Å². The number of nitrogens with zero attached hydrogens (tertiary/aromatic N) is 4. The number of amides is 1. The van der Waals surface area contributed by atoms with E-state index in [4.69, 9.17) is 6.42 Å². The van der Waals surface area contributed by atoms with Crippen molar-refractivity contribution in [1.82, 2.24) is 25.0 Å². The average molecular weight is 578 g/mol. The van der Waals surface area contributed by atoms with Crippen LogP contribution in [0, 0.1) is 31.6 Å². The van der Waals surface area contributed by atoms with E-state index in [0.717, 1.165) is 44.6 Å². The van der Waals surface area contributed by atoms with Crippen LogP contribution in [0.1, 0.15) is 135 Å². The van der Waals surface area contributed by atoms with Gasteiger partial charge in [0.15, 0.2) is 0 Å². The molecule has 1 aliphatic carbocycles. The number of likely N-dealkylation sites (tertiary alicyclic amines) is 1. The third-order valence-corrected chi connectivity index (χ3v) is 8.98. The van der Waals surface area contributed by atoms with Gasteiger partial charge in [0.05, 0.1) is 0 Å². The summed E-state index contributed by atoms with van der Waals surface area (Å²) in [6.07, 6.45) is 15.7. The first-order valence-electron chi connectivity index (χ1n) is 16.7. The van der Waals surface area contributed by atoms with E-state index in [1.165, 1.54) is 37.1 Å². The van der Waals surface area contributed by atoms with Crippen molar-refractivity contribution >= 4 is 5.91 Å². The van der Waals surface area contributed by atoms with Crippen molar-refractivity contribution in [2.24, 2.45) is 5.41 Å². The van der Waals surface area contributed by atoms with Crippen molar-refractivity contribution in [2.45, 2.75) is 144 Å². The van der Waals surface area contributed by atoms with Crippen LogP contribution in [0.4, 0.5) is 0 Å². The lowest BCUT2D eigenvalue weighted by atomic mass is 9.57. The molecule has 6 heteroatoms. The van der Waals surface area contributed by atoms with Crippen molar-refractivity contribution in [3.05, 3.63) is 47.5 Å². The Morgan fingerprint density at radius 3 is 2.24 bits per heavy atom. The molecule has 42 heavy (non-hydrogen) atoms. The van der Waals surface area contributed by atoms with Gasteiger partial charge in [-0.3, -0.25) is 4.79 Å². The number of hydrogen-bond donors (Lipinski definition) is 1. The summed E-state index contributed by atoms with van der Waals surface area (Å²) in [7, 11) is 0. The summed E-state index contributed by atoms with van der Waals surface area (Å²) in [5.74, 6) is 5.65. The van der Waals surface area contributed by atoms with Crippen LogP contribution in [0.5, 0.6) is 0 Å². The number of rotatable bonds is 7. The van der Waals surface area contributed by atoms with Gasteiger partial charge in [0.1, 0.15) is 11.6 Å². The van der Waals surface area contributed by atoms with E-state index >= 15 is 0 Å². The number of hydrogen-bond acceptors (Lipinski definition) is 4. The summed E-state index contributed by atoms with van der Waals surface area (Å²) in [5, 5.41) is 12.8. The van der Waals surface area contributed by atoms with E-state index in [-0.39, 0.29) is 5.91 Å². The molecule has 2 aromatic rings. The highest BCUT2D eigenvalue weighted by Crippen LogP contribution is 2.56. The monoisotopic (exact) mass is 577 g/mol. The van der Waals surface area contributed by atoms with Crippen LogP contribution in [-0.2, 0) is 4.79 Å². The van der Waals surface area contributed by atoms with Crippen molar-refractivity contribution in [3.63, 3.8) is 0 Å². The van der Waals surface area contributed by atoms with E-state index < -0.39 is 0 Å². The number of piperidine rings is 1. The molecule has 3 aliphatic rings. The second kappa shape index (κ2) is 18.1. The van der Waals surface area contributed by atoms with Gasteiger partial charge in [-0.2, -0.15) is 0 Å². The number of benzene rings is 1. The molecule has 0 radical (unpaired) electrons. The van der Waals surface area contributed by atoms with Gasteiger partial charge in [-0.05, 0) is 84.5 Å². The third kappa shape index (κ3) is 9.97. The smallest absolute Gasteiger partial charge is 0.222 e. The number of carbonyl (C=O) groups is 1. The van der Waals surface area contributed by atoms with Crippen molar-refractivity contribution in [3.8, 4) is 12.3 Å². The van der Waals surface area contributed by atoms with Gasteiger partial charge in [-0.15, -0.1) is 22.5 Å². The van der Waals surface area contributed by atoms with E-state index in [9.17, 15) is 4.79 Å². The highest BCUT2D eigenvalue weighted by Gasteiger charge is 2.48. The highest BCUT2D eigenvalue weighted by molar-refractivity contribution is 5.76. The average Bonchev–Trinajstić information content (AvgIpc) is 3.59. The molecule has 1 N–H and O–H groups in total. The molecule has 1 amide bonds. The van der Waals surface area contributed by atoms with Crippen molar-refractivity contribution < 1.29 is 4.79 Å². The Morgan fingerprint density at radius 1 is 1.07 bits per heavy atom. The molecule has 3 atom stereocenters. The van der Waals surface area contributed by atoms with E-state index in [1.807, 2.05) is 45.9 Å². The minimum Gasteiger partial charge on any atom is -0.343 e. The van der Waals surface area contributed by atoms with Crippen LogP contribution in [0.3, 0.4) is 0 Å². The Hall–Kier alpha value is -2.65. The summed E-state index contributed by atoms with van der Waals surface area (Å²) >= 11 is 0. The Bertz CT molecular complexity index is 1070. The lowest BCUT2D eigenvalue weighted by Crippen LogP contribution is -2.48. The molecule has 1 spiro atoms. The maximum Gasteiger partial charge on any atom is 0.222 e. The third-order valence-electron chi connectivity index (χ3n) is 8.98. The summed E-state index contributed by atoms with van der Waals surface area (Å²) in [6.45, 7) is 18.6. The fourth-order valence-corrected chi connectivity index (χ4v) is 6.77. The van der Waals surface area contributed by atoms with Crippen LogP contribution in [0.15, 0.2) is 30.3 Å². The predicted octanol–water partition coefficient (Wildman–Crippen LogP) is 8.02. The molecule has 0 bridgehead atoms. The Labute approximate surface area is 257 Å². The van der Waals surface area contributed by atoms with E-state index in [1.54, 1.807) is 0 Å². The lowest BCUT2D eigenvalue weighted by Gasteiger charge is -2.52. The highest BCUT2D eigenvalue weighted by atomic mass is 16.2. The Kier molecular flexibility index (Phi) is 15.3. The molecule has 2 aliphatic heterocycles. The van der Waals surface area contributed by atoms with Gasteiger partial charge in [0, 0.05) is 50.0 Å². The maximum absolute atomic E-state index is 12.4. The van der Waals surface area contributed by atoms with Gasteiger partial charge >= 0.3 is 0 Å². The number of aromatic nitrogens is 3. The van der Waals surface area contributed by atoms with E-state index in [2.05, 4.69) is 70.7 Å². The molecular weight excluding hydrogens is 518 g/mol. The van der Waals surface area contributed by atoms with Crippen molar-refractivity contribution in [1.29, 1.82) is 0 Å². The van der Waals surface area contributed by atoms with Crippen LogP contribution < -0.4 is 5.32 Å². The summed E-state index contributed by atoms with van der Waals surface area (Å²) < 4.78 is 2.41. The first-order valence-corrected chi connectivity index (χ1v) is 16.7. The molecule has 6 nitrogen and oxygen atoms in total. The SMILES string of the molecule is C#CCCCC(=O)N1CCC2(CC1)CC(c1nnc(C)n1C(C)CC1CCC(C)N1)C2.CC.CC.Cc1ccccc1. The van der Waals surface area contributed by atoms with Gasteiger partial charge in [-0.25, -0.2) is 0 Å². The zero-order chi connectivity index (χ0) is 31.1. The van der Waals surface area contributed by atoms with Crippen LogP contribution >= 0.6 is 0 Å². The molecule has 234 valence electrons. The fourth-order valence-electron chi connectivity index (χ4n) is 6.77. The number of unbranched alkanes of at least 4 members (excludes halogenated alkanes) is 1. The zero-order valence-corrected chi connectivity index (χ0v) is 28.0. The minimum absolute atomic E-state index is 0.278. The topological polar surface area (TPSA) is 63.1 Å². The molecule has 3 fully saturated rings. The zero-order valence-electron chi connectivity index (χ0n) is 28.0. The number of carbonyl (C=O) groups excluding carboxylic acids is 1. The summed E-state index contributed by atoms with van der Waals surface area (Å²) in [5.41, 5.74) is 1.72. The molecule has 5 rings (SSSR count). The fraction of sp³-hybridized carbons (Fsp3) is 0.694. The number of terminal acetylenes is 1. The second-order valence-electron chi connectivity index (χ2n) is 12.1. The minimum atomic E-state index is 0.278. The molecular formula is C36H59N5O. The molecule has 1 saturated carbocycles. The normalized spacial score (nSPS) is 21.4. The predicted molar refractivity (Wildman–Crippen MR) is 176 cm³/mol. The molecule has 2 saturated heterocycles. The molecule has 1 aromatic carbocycles. The first-order chi connectivity index (χ1) is 20.3. The number of nitrogens with one attached hydrogen (secondary N) is 1. The van der Waals surface area contributed by atoms with Gasteiger partial charge < -0.3 is 14.8 Å². The Morgan fingerprint density at radius 2 is 1.71 bits per heavy atom. The second-order valence-corrected chi connectivity index (χ2v) is 12.1. The molecule has 1 aromatic heterocycles. The van der Waals surface area contributed by atoms with Crippen molar-refractivity contribution in [2.75, 3.05) is 13.1 Å². The van der Waals surface area contributed by atoms with Gasteiger partial charge in [-0.1, -0.05) is 63.6 Å². The quantitative estimate of drug-likeness (QED) is 0.267. The standard InChI is InChI=1S/C25H39N5O.C7H8.2C2H6/c1-5-6-7-8-23(31)29-13-11-25(12-14-29)16-21(17-25)24-28-27-20(4)30(24)19(3)15-22-10-9-18(2)26-22;1-7-5-3-2-4-6-7;2*1-2/h1,18-19,21-22,26H,6-17H2,2-4H3;2-6H,1H3;2*1-2H3. The van der Waals surface area contributed by atoms with Gasteiger partial charge in [0.2, 0.25) is 5.91 Å². The molecule has 3 unspecified atom stereocenters. The largest absolute Gasteiger partial charge is 0.343 e. The lowest BCUT2D eigenvalue weighted by molar-refractivity contribution is -0.135. The van der Waals surface area contributed by atoms with Crippen LogP contribution in [-0.4, -0.2) is 50.7 Å². The van der Waals surface area contributed by atoms with E-state index in [0.29, 0.717) is 42.3 Å². The first kappa shape index (κ1) is 35.5. The number of aryl methyl sites for hydroxylation is 2. The summed E-state index contributed by atoms with van der Waals surface area (Å²) in [4.78, 5) is 14.4. The van der Waals surface area contributed by atoms with Gasteiger partial charge in [0.25, 0.3) is 0 Å².